The predicted molar refractivity (Wildman–Crippen MR) is 68.3 cm³/mol. The van der Waals surface area contributed by atoms with Gasteiger partial charge in [0.2, 0.25) is 10.0 Å². The van der Waals surface area contributed by atoms with Gasteiger partial charge in [-0.2, -0.15) is 0 Å². The maximum Gasteiger partial charge on any atom is 0.211 e. The van der Waals surface area contributed by atoms with Crippen LogP contribution in [0.1, 0.15) is 25.0 Å². The summed E-state index contributed by atoms with van der Waals surface area (Å²) in [6, 6.07) is 9.56. The van der Waals surface area contributed by atoms with Crippen molar-refractivity contribution in [3.05, 3.63) is 35.9 Å². The van der Waals surface area contributed by atoms with Gasteiger partial charge in [-0.3, -0.25) is 0 Å². The number of ether oxygens (including phenoxy) is 1. The number of methoxy groups -OCH3 is 1. The fraction of sp³-hybridized carbons (Fsp3) is 0.500. The molecule has 0 aliphatic rings. The van der Waals surface area contributed by atoms with E-state index in [2.05, 4.69) is 4.72 Å². The Morgan fingerprint density at radius 2 is 1.94 bits per heavy atom. The van der Waals surface area contributed by atoms with Gasteiger partial charge >= 0.3 is 0 Å². The van der Waals surface area contributed by atoms with E-state index in [0.717, 1.165) is 5.56 Å². The van der Waals surface area contributed by atoms with Gasteiger partial charge in [-0.15, -0.1) is 0 Å². The Morgan fingerprint density at radius 3 is 2.47 bits per heavy atom. The Bertz CT molecular complexity index is 417. The van der Waals surface area contributed by atoms with Crippen LogP contribution in [-0.4, -0.2) is 27.8 Å². The van der Waals surface area contributed by atoms with Crippen LogP contribution in [0.4, 0.5) is 0 Å². The van der Waals surface area contributed by atoms with Gasteiger partial charge in [-0.1, -0.05) is 37.3 Å². The summed E-state index contributed by atoms with van der Waals surface area (Å²) in [6.45, 7) is 2.10. The van der Waals surface area contributed by atoms with Gasteiger partial charge in [0.25, 0.3) is 0 Å². The van der Waals surface area contributed by atoms with Crippen LogP contribution in [0.5, 0.6) is 0 Å². The van der Waals surface area contributed by atoms with E-state index in [1.54, 1.807) is 7.11 Å². The molecule has 0 aliphatic heterocycles. The van der Waals surface area contributed by atoms with Crippen molar-refractivity contribution in [2.24, 2.45) is 0 Å². The molecule has 5 heteroatoms. The second-order valence-corrected chi connectivity index (χ2v) is 5.73. The zero-order valence-electron chi connectivity index (χ0n) is 10.2. The van der Waals surface area contributed by atoms with Crippen LogP contribution in [-0.2, 0) is 14.8 Å². The summed E-state index contributed by atoms with van der Waals surface area (Å²) in [5.41, 5.74) is 0.967. The quantitative estimate of drug-likeness (QED) is 0.809. The molecular formula is C12H19NO3S. The standard InChI is InChI=1S/C12H19NO3S/c1-3-9-17(14,15)13-10-12(16-2)11-7-5-4-6-8-11/h4-8,12-13H,3,9-10H2,1-2H3/t12-/m1/s1. The third kappa shape index (κ3) is 4.85. The van der Waals surface area contributed by atoms with E-state index in [4.69, 9.17) is 4.74 Å². The van der Waals surface area contributed by atoms with Crippen LogP contribution >= 0.6 is 0 Å². The summed E-state index contributed by atoms with van der Waals surface area (Å²) in [7, 11) is -1.60. The maximum absolute atomic E-state index is 11.5. The van der Waals surface area contributed by atoms with Crippen LogP contribution in [0, 0.1) is 0 Å². The Morgan fingerprint density at radius 1 is 1.29 bits per heavy atom. The van der Waals surface area contributed by atoms with Gasteiger partial charge in [-0.05, 0) is 12.0 Å². The second-order valence-electron chi connectivity index (χ2n) is 3.80. The molecule has 0 unspecified atom stereocenters. The maximum atomic E-state index is 11.5. The molecule has 0 bridgehead atoms. The summed E-state index contributed by atoms with van der Waals surface area (Å²) >= 11 is 0. The molecule has 0 amide bonds. The Kier molecular flexibility index (Phi) is 5.61. The van der Waals surface area contributed by atoms with Crippen molar-refractivity contribution in [3.63, 3.8) is 0 Å². The van der Waals surface area contributed by atoms with E-state index in [9.17, 15) is 8.42 Å². The van der Waals surface area contributed by atoms with Crippen LogP contribution in [0.3, 0.4) is 0 Å². The second kappa shape index (κ2) is 6.74. The van der Waals surface area contributed by atoms with Gasteiger partial charge < -0.3 is 4.74 Å². The summed E-state index contributed by atoms with van der Waals surface area (Å²) in [4.78, 5) is 0. The van der Waals surface area contributed by atoms with Crippen LogP contribution in [0.15, 0.2) is 30.3 Å². The van der Waals surface area contributed by atoms with Crippen molar-refractivity contribution in [3.8, 4) is 0 Å². The smallest absolute Gasteiger partial charge is 0.211 e. The minimum absolute atomic E-state index is 0.151. The van der Waals surface area contributed by atoms with Crippen molar-refractivity contribution in [2.75, 3.05) is 19.4 Å². The molecule has 0 aromatic heterocycles. The molecule has 0 radical (unpaired) electrons. The molecule has 0 heterocycles. The fourth-order valence-electron chi connectivity index (χ4n) is 1.55. The Hall–Kier alpha value is -0.910. The minimum Gasteiger partial charge on any atom is -0.375 e. The SMILES string of the molecule is CCCS(=O)(=O)NC[C@@H](OC)c1ccccc1. The predicted octanol–water partition coefficient (Wildman–Crippen LogP) is 1.70. The van der Waals surface area contributed by atoms with Gasteiger partial charge in [0, 0.05) is 13.7 Å². The number of benzene rings is 1. The lowest BCUT2D eigenvalue weighted by Gasteiger charge is -2.16. The first kappa shape index (κ1) is 14.2. The number of hydrogen-bond donors (Lipinski definition) is 1. The molecule has 0 spiro atoms. The van der Waals surface area contributed by atoms with E-state index in [1.165, 1.54) is 0 Å². The third-order valence-electron chi connectivity index (χ3n) is 2.42. The van der Waals surface area contributed by atoms with Gasteiger partial charge in [0.05, 0.1) is 11.9 Å². The summed E-state index contributed by atoms with van der Waals surface area (Å²) in [6.07, 6.45) is 0.362. The highest BCUT2D eigenvalue weighted by Gasteiger charge is 2.14. The topological polar surface area (TPSA) is 55.4 Å². The first-order chi connectivity index (χ1) is 8.09. The molecule has 1 atom stereocenters. The first-order valence-electron chi connectivity index (χ1n) is 5.64. The van der Waals surface area contributed by atoms with Gasteiger partial charge in [-0.25, -0.2) is 13.1 Å². The normalized spacial score (nSPS) is 13.5. The van der Waals surface area contributed by atoms with Crippen LogP contribution in [0.2, 0.25) is 0 Å². The van der Waals surface area contributed by atoms with E-state index >= 15 is 0 Å². The molecule has 1 N–H and O–H groups in total. The number of nitrogens with one attached hydrogen (secondary N) is 1. The van der Waals surface area contributed by atoms with Crippen LogP contribution < -0.4 is 4.72 Å². The molecule has 96 valence electrons. The molecule has 0 aliphatic carbocycles. The molecule has 0 saturated heterocycles. The summed E-state index contributed by atoms with van der Waals surface area (Å²) < 4.78 is 30.9. The lowest BCUT2D eigenvalue weighted by atomic mass is 10.1. The molecule has 17 heavy (non-hydrogen) atoms. The average Bonchev–Trinajstić information content (AvgIpc) is 2.31. The molecule has 4 nitrogen and oxygen atoms in total. The van der Waals surface area contributed by atoms with E-state index < -0.39 is 10.0 Å². The summed E-state index contributed by atoms with van der Waals surface area (Å²) in [5, 5.41) is 0. The number of sulfonamides is 1. The monoisotopic (exact) mass is 257 g/mol. The highest BCUT2D eigenvalue weighted by molar-refractivity contribution is 7.89. The molecular weight excluding hydrogens is 238 g/mol. The number of rotatable bonds is 7. The lowest BCUT2D eigenvalue weighted by molar-refractivity contribution is 0.107. The molecule has 1 rings (SSSR count). The molecule has 1 aromatic rings. The van der Waals surface area contributed by atoms with Crippen molar-refractivity contribution >= 4 is 10.0 Å². The van der Waals surface area contributed by atoms with Gasteiger partial charge in [0.1, 0.15) is 0 Å². The molecule has 0 fully saturated rings. The average molecular weight is 257 g/mol. The Balaban J connectivity index is 2.60. The lowest BCUT2D eigenvalue weighted by Crippen LogP contribution is -2.31. The van der Waals surface area contributed by atoms with E-state index in [1.807, 2.05) is 37.3 Å². The van der Waals surface area contributed by atoms with Crippen molar-refractivity contribution in [1.29, 1.82) is 0 Å². The zero-order chi connectivity index (χ0) is 12.7. The largest absolute Gasteiger partial charge is 0.375 e. The number of hydrogen-bond acceptors (Lipinski definition) is 3. The highest BCUT2D eigenvalue weighted by atomic mass is 32.2. The van der Waals surface area contributed by atoms with Crippen molar-refractivity contribution in [1.82, 2.24) is 4.72 Å². The zero-order valence-corrected chi connectivity index (χ0v) is 11.0. The van der Waals surface area contributed by atoms with Gasteiger partial charge in [0.15, 0.2) is 0 Å². The fourth-order valence-corrected chi connectivity index (χ4v) is 2.64. The highest BCUT2D eigenvalue weighted by Crippen LogP contribution is 2.15. The third-order valence-corrected chi connectivity index (χ3v) is 3.97. The van der Waals surface area contributed by atoms with Crippen molar-refractivity contribution in [2.45, 2.75) is 19.4 Å². The van der Waals surface area contributed by atoms with Crippen LogP contribution in [0.25, 0.3) is 0 Å². The Labute approximate surface area is 103 Å². The van der Waals surface area contributed by atoms with E-state index in [0.29, 0.717) is 6.42 Å². The van der Waals surface area contributed by atoms with Crippen molar-refractivity contribution < 1.29 is 13.2 Å². The molecule has 0 saturated carbocycles. The summed E-state index contributed by atoms with van der Waals surface area (Å²) in [5.74, 6) is 0.151. The minimum atomic E-state index is -3.17. The molecule has 1 aromatic carbocycles. The first-order valence-corrected chi connectivity index (χ1v) is 7.29. The van der Waals surface area contributed by atoms with E-state index in [-0.39, 0.29) is 18.4 Å².